The number of nitrogens with one attached hydrogen (secondary N) is 2. The molecule has 0 aliphatic carbocycles. The van der Waals surface area contributed by atoms with Crippen LogP contribution in [0.15, 0.2) is 34.6 Å². The lowest BCUT2D eigenvalue weighted by Gasteiger charge is -2.38. The Morgan fingerprint density at radius 2 is 2.11 bits per heavy atom. The second kappa shape index (κ2) is 9.47. The quantitative estimate of drug-likeness (QED) is 0.568. The van der Waals surface area contributed by atoms with E-state index in [2.05, 4.69) is 39.8 Å². The van der Waals surface area contributed by atoms with E-state index in [9.17, 15) is 4.39 Å². The predicted octanol–water partition coefficient (Wildman–Crippen LogP) is 3.82. The molecule has 0 saturated carbocycles. The monoisotopic (exact) mass is 404 g/mol. The highest BCUT2D eigenvalue weighted by atomic mass is 32.1. The molecule has 5 nitrogen and oxygen atoms in total. The summed E-state index contributed by atoms with van der Waals surface area (Å²) in [5.41, 5.74) is 1.97. The lowest BCUT2D eigenvalue weighted by molar-refractivity contribution is 0.0513. The van der Waals surface area contributed by atoms with Gasteiger partial charge in [-0.3, -0.25) is 4.99 Å². The zero-order chi connectivity index (χ0) is 20.0. The van der Waals surface area contributed by atoms with Crippen molar-refractivity contribution in [2.24, 2.45) is 4.99 Å². The molecule has 1 saturated heterocycles. The molecule has 3 rings (SSSR count). The third-order valence-electron chi connectivity index (χ3n) is 5.27. The minimum Gasteiger partial charge on any atom is -0.381 e. The van der Waals surface area contributed by atoms with Gasteiger partial charge in [-0.05, 0) is 36.5 Å². The van der Waals surface area contributed by atoms with E-state index in [0.717, 1.165) is 35.1 Å². The molecule has 0 unspecified atom stereocenters. The summed E-state index contributed by atoms with van der Waals surface area (Å²) in [5, 5.41) is 9.92. The van der Waals surface area contributed by atoms with Crippen LogP contribution in [0.25, 0.3) is 0 Å². The average molecular weight is 405 g/mol. The number of guanidine groups is 1. The van der Waals surface area contributed by atoms with Crippen LogP contribution in [-0.2, 0) is 16.7 Å². The van der Waals surface area contributed by atoms with Crippen molar-refractivity contribution in [2.45, 2.75) is 44.6 Å². The third kappa shape index (κ3) is 5.08. The summed E-state index contributed by atoms with van der Waals surface area (Å²) in [5.74, 6) is 0.959. The zero-order valence-corrected chi connectivity index (χ0v) is 17.6. The summed E-state index contributed by atoms with van der Waals surface area (Å²) in [6, 6.07) is 6.93. The van der Waals surface area contributed by atoms with Crippen molar-refractivity contribution in [3.63, 3.8) is 0 Å². The van der Waals surface area contributed by atoms with E-state index in [1.54, 1.807) is 30.5 Å². The number of hydrogen-bond donors (Lipinski definition) is 2. The Morgan fingerprint density at radius 1 is 1.32 bits per heavy atom. The zero-order valence-electron chi connectivity index (χ0n) is 16.8. The Labute approximate surface area is 170 Å². The van der Waals surface area contributed by atoms with Gasteiger partial charge in [-0.1, -0.05) is 26.0 Å². The average Bonchev–Trinajstić information content (AvgIpc) is 3.18. The number of hydrogen-bond acceptors (Lipinski definition) is 4. The molecule has 2 heterocycles. The van der Waals surface area contributed by atoms with Crippen molar-refractivity contribution in [3.8, 4) is 0 Å². The maximum absolute atomic E-state index is 13.8. The molecule has 1 aromatic carbocycles. The van der Waals surface area contributed by atoms with Crippen molar-refractivity contribution in [1.82, 2.24) is 15.6 Å². The molecule has 0 atom stereocenters. The summed E-state index contributed by atoms with van der Waals surface area (Å²) in [7, 11) is 1.76. The number of aliphatic imine (C=N–C) groups is 1. The predicted molar refractivity (Wildman–Crippen MR) is 113 cm³/mol. The first-order valence-corrected chi connectivity index (χ1v) is 10.6. The highest BCUT2D eigenvalue weighted by Gasteiger charge is 2.35. The first kappa shape index (κ1) is 20.7. The van der Waals surface area contributed by atoms with Crippen LogP contribution in [0.4, 0.5) is 4.39 Å². The number of thiazole rings is 1. The standard InChI is InChI=1S/C21H29FN4OS/c1-15(2)18-13-28-19(26-18)12-24-20(23-3)25-14-21(7-9-27-10-8-21)16-5-4-6-17(22)11-16/h4-6,11,13,15H,7-10,12,14H2,1-3H3,(H2,23,24,25). The molecule has 152 valence electrons. The Kier molecular flexibility index (Phi) is 7.02. The van der Waals surface area contributed by atoms with Crippen LogP contribution in [0.3, 0.4) is 0 Å². The number of nitrogens with zero attached hydrogens (tertiary/aromatic N) is 2. The van der Waals surface area contributed by atoms with Crippen LogP contribution in [0.1, 0.15) is 48.9 Å². The summed E-state index contributed by atoms with van der Waals surface area (Å²) < 4.78 is 19.4. The van der Waals surface area contributed by atoms with Crippen molar-refractivity contribution in [3.05, 3.63) is 51.7 Å². The first-order chi connectivity index (χ1) is 13.5. The molecule has 1 aromatic heterocycles. The van der Waals surface area contributed by atoms with Gasteiger partial charge in [-0.25, -0.2) is 9.37 Å². The molecule has 2 N–H and O–H groups in total. The molecule has 0 amide bonds. The van der Waals surface area contributed by atoms with Gasteiger partial charge in [-0.2, -0.15) is 0 Å². The van der Waals surface area contributed by atoms with Crippen molar-refractivity contribution in [2.75, 3.05) is 26.8 Å². The van der Waals surface area contributed by atoms with Gasteiger partial charge in [-0.15, -0.1) is 11.3 Å². The van der Waals surface area contributed by atoms with E-state index >= 15 is 0 Å². The molecule has 1 aliphatic heterocycles. The molecule has 28 heavy (non-hydrogen) atoms. The fourth-order valence-electron chi connectivity index (χ4n) is 3.45. The van der Waals surface area contributed by atoms with Gasteiger partial charge in [0.1, 0.15) is 10.8 Å². The van der Waals surface area contributed by atoms with Gasteiger partial charge in [0.05, 0.1) is 12.2 Å². The SMILES string of the molecule is CN=C(NCc1nc(C(C)C)cs1)NCC1(c2cccc(F)c2)CCOCC1. The topological polar surface area (TPSA) is 58.5 Å². The van der Waals surface area contributed by atoms with Crippen molar-refractivity contribution < 1.29 is 9.13 Å². The summed E-state index contributed by atoms with van der Waals surface area (Å²) in [6.45, 7) is 6.96. The Hall–Kier alpha value is -1.99. The second-order valence-electron chi connectivity index (χ2n) is 7.50. The summed E-state index contributed by atoms with van der Waals surface area (Å²) in [6.07, 6.45) is 1.70. The molecule has 0 bridgehead atoms. The van der Waals surface area contributed by atoms with Crippen LogP contribution in [0, 0.1) is 5.82 Å². The van der Waals surface area contributed by atoms with Gasteiger partial charge in [0, 0.05) is 37.6 Å². The fourth-order valence-corrected chi connectivity index (χ4v) is 4.35. The Bertz CT molecular complexity index is 799. The molecule has 1 fully saturated rings. The van der Waals surface area contributed by atoms with Crippen LogP contribution in [-0.4, -0.2) is 37.7 Å². The minimum absolute atomic E-state index is 0.163. The molecule has 0 radical (unpaired) electrons. The van der Waals surface area contributed by atoms with E-state index in [-0.39, 0.29) is 11.2 Å². The van der Waals surface area contributed by atoms with Crippen LogP contribution < -0.4 is 10.6 Å². The third-order valence-corrected chi connectivity index (χ3v) is 6.14. The maximum Gasteiger partial charge on any atom is 0.191 e. The molecule has 0 spiro atoms. The number of aromatic nitrogens is 1. The number of ether oxygens (including phenoxy) is 1. The van der Waals surface area contributed by atoms with E-state index in [1.165, 1.54) is 6.07 Å². The summed E-state index contributed by atoms with van der Waals surface area (Å²) in [4.78, 5) is 8.99. The van der Waals surface area contributed by atoms with Gasteiger partial charge < -0.3 is 15.4 Å². The van der Waals surface area contributed by atoms with Gasteiger partial charge in [0.25, 0.3) is 0 Å². The normalized spacial score (nSPS) is 17.0. The number of rotatable bonds is 6. The smallest absolute Gasteiger partial charge is 0.191 e. The Balaban J connectivity index is 1.64. The molecule has 1 aliphatic rings. The van der Waals surface area contributed by atoms with Gasteiger partial charge in [0.15, 0.2) is 5.96 Å². The molecular formula is C21H29FN4OS. The van der Waals surface area contributed by atoms with E-state index in [0.29, 0.717) is 32.2 Å². The first-order valence-electron chi connectivity index (χ1n) is 9.75. The fraction of sp³-hybridized carbons (Fsp3) is 0.524. The van der Waals surface area contributed by atoms with Crippen LogP contribution in [0.5, 0.6) is 0 Å². The van der Waals surface area contributed by atoms with Crippen molar-refractivity contribution >= 4 is 17.3 Å². The highest BCUT2D eigenvalue weighted by Crippen LogP contribution is 2.34. The lowest BCUT2D eigenvalue weighted by atomic mass is 9.74. The van der Waals surface area contributed by atoms with E-state index < -0.39 is 0 Å². The number of halogens is 1. The minimum atomic E-state index is -0.199. The summed E-state index contributed by atoms with van der Waals surface area (Å²) >= 11 is 1.66. The lowest BCUT2D eigenvalue weighted by Crippen LogP contribution is -2.48. The second-order valence-corrected chi connectivity index (χ2v) is 8.45. The van der Waals surface area contributed by atoms with Crippen LogP contribution >= 0.6 is 11.3 Å². The molecular weight excluding hydrogens is 375 g/mol. The maximum atomic E-state index is 13.8. The van der Waals surface area contributed by atoms with E-state index in [4.69, 9.17) is 4.74 Å². The van der Waals surface area contributed by atoms with E-state index in [1.807, 2.05) is 6.07 Å². The van der Waals surface area contributed by atoms with Crippen LogP contribution in [0.2, 0.25) is 0 Å². The highest BCUT2D eigenvalue weighted by molar-refractivity contribution is 7.09. The largest absolute Gasteiger partial charge is 0.381 e. The Morgan fingerprint density at radius 3 is 2.75 bits per heavy atom. The molecule has 2 aromatic rings. The van der Waals surface area contributed by atoms with Crippen molar-refractivity contribution in [1.29, 1.82) is 0 Å². The van der Waals surface area contributed by atoms with Gasteiger partial charge >= 0.3 is 0 Å². The van der Waals surface area contributed by atoms with Gasteiger partial charge in [0.2, 0.25) is 0 Å². The molecule has 7 heteroatoms. The number of benzene rings is 1.